The first kappa shape index (κ1) is 26.5. The highest BCUT2D eigenvalue weighted by atomic mass is 32.2. The minimum absolute atomic E-state index is 0.00935. The quantitative estimate of drug-likeness (QED) is 0.391. The Labute approximate surface area is 220 Å². The minimum Gasteiger partial charge on any atom is -0.378 e. The Morgan fingerprint density at radius 3 is 2.57 bits per heavy atom. The maximum absolute atomic E-state index is 13.0. The Hall–Kier alpha value is -3.57. The molecule has 0 bridgehead atoms. The van der Waals surface area contributed by atoms with Crippen molar-refractivity contribution in [2.75, 3.05) is 31.0 Å². The Balaban J connectivity index is 1.34. The van der Waals surface area contributed by atoms with Crippen molar-refractivity contribution in [3.63, 3.8) is 0 Å². The van der Waals surface area contributed by atoms with Gasteiger partial charge in [0, 0.05) is 24.5 Å². The number of imidazole rings is 1. The number of hydrogen-bond donors (Lipinski definition) is 2. The van der Waals surface area contributed by atoms with Crippen LogP contribution in [-0.4, -0.2) is 57.1 Å². The van der Waals surface area contributed by atoms with Crippen LogP contribution in [0.5, 0.6) is 0 Å². The van der Waals surface area contributed by atoms with Crippen LogP contribution >= 0.6 is 11.9 Å². The molecule has 0 unspecified atom stereocenters. The molecule has 0 saturated carbocycles. The normalized spacial score (nSPS) is 13.4. The zero-order valence-electron chi connectivity index (χ0n) is 21.1. The molecule has 1 aromatic carbocycles. The molecule has 1 fully saturated rings. The lowest BCUT2D eigenvalue weighted by Crippen LogP contribution is -2.42. The van der Waals surface area contributed by atoms with Crippen LogP contribution in [0, 0.1) is 13.8 Å². The Morgan fingerprint density at radius 1 is 1.05 bits per heavy atom. The molecule has 0 spiro atoms. The molecular weight excluding hydrogens is 492 g/mol. The van der Waals surface area contributed by atoms with Crippen molar-refractivity contribution in [3.05, 3.63) is 81.8 Å². The molecule has 11 heteroatoms. The van der Waals surface area contributed by atoms with Crippen molar-refractivity contribution in [1.29, 1.82) is 0 Å². The van der Waals surface area contributed by atoms with Gasteiger partial charge in [-0.3, -0.25) is 14.4 Å². The zero-order valence-corrected chi connectivity index (χ0v) is 21.9. The molecule has 1 aliphatic heterocycles. The van der Waals surface area contributed by atoms with Gasteiger partial charge >= 0.3 is 0 Å². The van der Waals surface area contributed by atoms with E-state index in [2.05, 4.69) is 15.0 Å². The van der Waals surface area contributed by atoms with Gasteiger partial charge in [0.2, 0.25) is 11.8 Å². The number of aromatic nitrogens is 3. The molecule has 1 aliphatic rings. The van der Waals surface area contributed by atoms with Crippen molar-refractivity contribution in [1.82, 2.24) is 24.3 Å². The summed E-state index contributed by atoms with van der Waals surface area (Å²) in [6, 6.07) is 13.5. The average molecular weight is 525 g/mol. The first-order valence-corrected chi connectivity index (χ1v) is 13.2. The van der Waals surface area contributed by atoms with Crippen LogP contribution in [0.25, 0.3) is 0 Å². The topological polar surface area (TPSA) is 110 Å². The largest absolute Gasteiger partial charge is 0.378 e. The number of aryl methyl sites for hydroxylation is 2. The molecule has 3 heterocycles. The first-order valence-electron chi connectivity index (χ1n) is 12.2. The van der Waals surface area contributed by atoms with Gasteiger partial charge in [-0.15, -0.1) is 0 Å². The van der Waals surface area contributed by atoms with Crippen LogP contribution in [-0.2, 0) is 39.7 Å². The van der Waals surface area contributed by atoms with E-state index in [-0.39, 0.29) is 37.0 Å². The lowest BCUT2D eigenvalue weighted by atomic mass is 10.2. The number of nitrogens with zero attached hydrogens (tertiary/aromatic N) is 4. The molecule has 0 radical (unpaired) electrons. The van der Waals surface area contributed by atoms with E-state index >= 15 is 0 Å². The van der Waals surface area contributed by atoms with Crippen molar-refractivity contribution in [2.24, 2.45) is 0 Å². The van der Waals surface area contributed by atoms with Gasteiger partial charge in [0.1, 0.15) is 18.8 Å². The van der Waals surface area contributed by atoms with Crippen LogP contribution in [0.4, 0.5) is 5.69 Å². The number of hydrogen-bond acceptors (Lipinski definition) is 7. The Morgan fingerprint density at radius 2 is 1.81 bits per heavy atom. The zero-order chi connectivity index (χ0) is 26.2. The number of pyridine rings is 1. The van der Waals surface area contributed by atoms with Crippen LogP contribution < -0.4 is 15.6 Å². The number of rotatable bonds is 10. The molecular formula is C26H32N6O4S. The number of benzene rings is 1. The number of ether oxygens (including phenoxy) is 1. The molecule has 10 nitrogen and oxygen atoms in total. The van der Waals surface area contributed by atoms with Crippen molar-refractivity contribution >= 4 is 29.4 Å². The minimum atomic E-state index is -0.300. The van der Waals surface area contributed by atoms with E-state index in [1.54, 1.807) is 28.8 Å². The van der Waals surface area contributed by atoms with Gasteiger partial charge in [-0.2, -0.15) is 0 Å². The highest BCUT2D eigenvalue weighted by Crippen LogP contribution is 2.15. The van der Waals surface area contributed by atoms with E-state index in [0.717, 1.165) is 17.0 Å². The standard InChI is InChI=1S/C26H32N6O4S/c1-19-8-9-22(29-37-17-21-6-4-3-5-7-21)26(35)32(19)15-24(33)27-14-23-20(2)28-18-31(23)16-25(34)30-10-12-36-13-11-30/h3-9,18,29H,10-17H2,1-2H3,(H,27,33). The number of morpholine rings is 1. The van der Waals surface area contributed by atoms with Gasteiger partial charge in [-0.25, -0.2) is 4.98 Å². The van der Waals surface area contributed by atoms with Gasteiger partial charge in [-0.05, 0) is 43.5 Å². The second-order valence-electron chi connectivity index (χ2n) is 8.83. The molecule has 2 aromatic heterocycles. The van der Waals surface area contributed by atoms with E-state index in [0.29, 0.717) is 43.4 Å². The number of anilines is 1. The molecule has 1 saturated heterocycles. The third-order valence-corrected chi connectivity index (χ3v) is 7.08. The number of amides is 2. The van der Waals surface area contributed by atoms with Gasteiger partial charge < -0.3 is 28.8 Å². The summed E-state index contributed by atoms with van der Waals surface area (Å²) in [5.41, 5.74) is 3.50. The van der Waals surface area contributed by atoms with Crippen molar-refractivity contribution in [2.45, 2.75) is 39.2 Å². The van der Waals surface area contributed by atoms with Gasteiger partial charge in [0.05, 0.1) is 37.5 Å². The molecule has 0 atom stereocenters. The molecule has 2 amide bonds. The molecule has 4 rings (SSSR count). The third-order valence-electron chi connectivity index (χ3n) is 6.24. The molecule has 37 heavy (non-hydrogen) atoms. The summed E-state index contributed by atoms with van der Waals surface area (Å²) in [6.45, 7) is 6.12. The van der Waals surface area contributed by atoms with E-state index in [1.807, 2.05) is 43.3 Å². The second kappa shape index (κ2) is 12.6. The Kier molecular flexibility index (Phi) is 9.02. The monoisotopic (exact) mass is 524 g/mol. The lowest BCUT2D eigenvalue weighted by molar-refractivity contribution is -0.135. The lowest BCUT2D eigenvalue weighted by Gasteiger charge is -2.27. The fourth-order valence-corrected chi connectivity index (χ4v) is 4.77. The first-order chi connectivity index (χ1) is 17.9. The SMILES string of the molecule is Cc1ncn(CC(=O)N2CCOCC2)c1CNC(=O)Cn1c(C)ccc(NSCc2ccccc2)c1=O. The van der Waals surface area contributed by atoms with Crippen molar-refractivity contribution in [3.8, 4) is 0 Å². The second-order valence-corrected chi connectivity index (χ2v) is 9.61. The highest BCUT2D eigenvalue weighted by molar-refractivity contribution is 7.99. The summed E-state index contributed by atoms with van der Waals surface area (Å²) < 4.78 is 11.6. The summed E-state index contributed by atoms with van der Waals surface area (Å²) in [5, 5.41) is 2.88. The van der Waals surface area contributed by atoms with Gasteiger partial charge in [-0.1, -0.05) is 30.3 Å². The molecule has 2 N–H and O–H groups in total. The maximum Gasteiger partial charge on any atom is 0.275 e. The number of carbonyl (C=O) groups is 2. The van der Waals surface area contributed by atoms with E-state index < -0.39 is 0 Å². The fraction of sp³-hybridized carbons (Fsp3) is 0.385. The smallest absolute Gasteiger partial charge is 0.275 e. The van der Waals surface area contributed by atoms with E-state index in [1.165, 1.54) is 16.5 Å². The van der Waals surface area contributed by atoms with E-state index in [9.17, 15) is 14.4 Å². The Bertz CT molecular complexity index is 1280. The molecule has 196 valence electrons. The molecule has 0 aliphatic carbocycles. The van der Waals surface area contributed by atoms with Crippen LogP contribution in [0.2, 0.25) is 0 Å². The number of carbonyl (C=O) groups excluding carboxylic acids is 2. The molecule has 3 aromatic rings. The van der Waals surface area contributed by atoms with Crippen molar-refractivity contribution < 1.29 is 14.3 Å². The summed E-state index contributed by atoms with van der Waals surface area (Å²) in [4.78, 5) is 44.6. The van der Waals surface area contributed by atoms with E-state index in [4.69, 9.17) is 4.74 Å². The number of nitrogens with one attached hydrogen (secondary N) is 2. The highest BCUT2D eigenvalue weighted by Gasteiger charge is 2.19. The maximum atomic E-state index is 13.0. The van der Waals surface area contributed by atoms with Crippen LogP contribution in [0.3, 0.4) is 0 Å². The average Bonchev–Trinajstić information content (AvgIpc) is 3.26. The third kappa shape index (κ3) is 7.01. The summed E-state index contributed by atoms with van der Waals surface area (Å²) in [5.74, 6) is 0.395. The summed E-state index contributed by atoms with van der Waals surface area (Å²) in [6.07, 6.45) is 1.62. The summed E-state index contributed by atoms with van der Waals surface area (Å²) in [7, 11) is 0. The summed E-state index contributed by atoms with van der Waals surface area (Å²) >= 11 is 1.42. The van der Waals surface area contributed by atoms with Crippen LogP contribution in [0.15, 0.2) is 53.6 Å². The fourth-order valence-electron chi connectivity index (χ4n) is 4.03. The van der Waals surface area contributed by atoms with Crippen LogP contribution in [0.1, 0.15) is 22.6 Å². The predicted octanol–water partition coefficient (Wildman–Crippen LogP) is 2.10. The predicted molar refractivity (Wildman–Crippen MR) is 143 cm³/mol. The van der Waals surface area contributed by atoms with Gasteiger partial charge in [0.15, 0.2) is 0 Å². The van der Waals surface area contributed by atoms with Gasteiger partial charge in [0.25, 0.3) is 5.56 Å².